The first kappa shape index (κ1) is 11.6. The van der Waals surface area contributed by atoms with Crippen LogP contribution in [0.1, 0.15) is 12.5 Å². The Morgan fingerprint density at radius 3 is 2.71 bits per heavy atom. The van der Waals surface area contributed by atoms with Crippen LogP contribution in [0.4, 0.5) is 0 Å². The minimum atomic E-state index is -0.348. The highest BCUT2D eigenvalue weighted by atomic mass is 16.6. The maximum absolute atomic E-state index is 11.2. The monoisotopic (exact) mass is 235 g/mol. The number of benzene rings is 1. The van der Waals surface area contributed by atoms with Crippen LogP contribution >= 0.6 is 0 Å². The molecule has 1 saturated heterocycles. The molecule has 1 aliphatic heterocycles. The van der Waals surface area contributed by atoms with Gasteiger partial charge in [-0.25, -0.2) is 0 Å². The summed E-state index contributed by atoms with van der Waals surface area (Å²) in [5, 5.41) is 2.94. The zero-order valence-electron chi connectivity index (χ0n) is 9.43. The molecule has 2 rings (SSSR count). The molecule has 1 N–H and O–H groups in total. The van der Waals surface area contributed by atoms with Crippen LogP contribution in [0.25, 0.3) is 0 Å². The maximum Gasteiger partial charge on any atom is 0.324 e. The Bertz CT molecular complexity index is 427. The second-order valence-electron chi connectivity index (χ2n) is 3.81. The summed E-state index contributed by atoms with van der Waals surface area (Å²) in [6.07, 6.45) is 0.569. The number of nitrogens with one attached hydrogen (secondary N) is 1. The van der Waals surface area contributed by atoms with Gasteiger partial charge in [-0.1, -0.05) is 12.1 Å². The molecule has 5 heteroatoms. The van der Waals surface area contributed by atoms with Gasteiger partial charge in [-0.05, 0) is 24.1 Å². The molecule has 0 saturated carbocycles. The van der Waals surface area contributed by atoms with Gasteiger partial charge in [-0.15, -0.1) is 0 Å². The lowest BCUT2D eigenvalue weighted by atomic mass is 10.1. The van der Waals surface area contributed by atoms with Crippen molar-refractivity contribution < 1.29 is 19.1 Å². The third-order valence-corrected chi connectivity index (χ3v) is 2.45. The molecular weight excluding hydrogens is 222 g/mol. The summed E-state index contributed by atoms with van der Waals surface area (Å²) in [7, 11) is 0. The molecule has 1 heterocycles. The van der Waals surface area contributed by atoms with Crippen LogP contribution in [0.15, 0.2) is 24.3 Å². The Kier molecular flexibility index (Phi) is 3.39. The van der Waals surface area contributed by atoms with E-state index in [1.165, 1.54) is 6.92 Å². The molecule has 0 amide bonds. The summed E-state index contributed by atoms with van der Waals surface area (Å²) >= 11 is 0. The van der Waals surface area contributed by atoms with Gasteiger partial charge in [0, 0.05) is 6.92 Å². The van der Waals surface area contributed by atoms with Gasteiger partial charge in [0.1, 0.15) is 18.5 Å². The van der Waals surface area contributed by atoms with E-state index in [0.717, 1.165) is 5.56 Å². The number of rotatable bonds is 3. The van der Waals surface area contributed by atoms with E-state index in [2.05, 4.69) is 5.32 Å². The molecule has 0 spiro atoms. The molecule has 1 aromatic rings. The van der Waals surface area contributed by atoms with E-state index in [1.54, 1.807) is 12.1 Å². The number of carbonyl (C=O) groups is 2. The molecule has 0 aliphatic carbocycles. The molecule has 1 aromatic carbocycles. The van der Waals surface area contributed by atoms with Gasteiger partial charge < -0.3 is 9.47 Å². The van der Waals surface area contributed by atoms with Gasteiger partial charge in [0.15, 0.2) is 0 Å². The first-order valence-corrected chi connectivity index (χ1v) is 5.32. The fraction of sp³-hybridized carbons (Fsp3) is 0.333. The van der Waals surface area contributed by atoms with Gasteiger partial charge in [-0.2, -0.15) is 0 Å². The van der Waals surface area contributed by atoms with E-state index in [0.29, 0.717) is 12.2 Å². The van der Waals surface area contributed by atoms with Crippen molar-refractivity contribution in [1.82, 2.24) is 5.32 Å². The van der Waals surface area contributed by atoms with Crippen LogP contribution in [0, 0.1) is 0 Å². The molecule has 5 nitrogen and oxygen atoms in total. The summed E-state index contributed by atoms with van der Waals surface area (Å²) in [4.78, 5) is 22.0. The van der Waals surface area contributed by atoms with E-state index in [1.807, 2.05) is 12.1 Å². The third kappa shape index (κ3) is 3.04. The summed E-state index contributed by atoms with van der Waals surface area (Å²) in [5.41, 5.74) is 0.984. The second kappa shape index (κ2) is 4.97. The van der Waals surface area contributed by atoms with Crippen molar-refractivity contribution >= 4 is 11.9 Å². The molecule has 1 unspecified atom stereocenters. The van der Waals surface area contributed by atoms with Crippen molar-refractivity contribution in [3.05, 3.63) is 29.8 Å². The van der Waals surface area contributed by atoms with Crippen LogP contribution < -0.4 is 10.1 Å². The summed E-state index contributed by atoms with van der Waals surface area (Å²) in [6, 6.07) is 6.78. The van der Waals surface area contributed by atoms with Gasteiger partial charge in [0.25, 0.3) is 0 Å². The Morgan fingerprint density at radius 2 is 2.18 bits per heavy atom. The molecular formula is C12H13NO4. The lowest BCUT2D eigenvalue weighted by Gasteiger charge is -2.07. The SMILES string of the molecule is CC(=O)Oc1ccc(CC2NCOC2=O)cc1. The second-order valence-corrected chi connectivity index (χ2v) is 3.81. The van der Waals surface area contributed by atoms with Gasteiger partial charge >= 0.3 is 11.9 Å². The predicted molar refractivity (Wildman–Crippen MR) is 59.3 cm³/mol. The fourth-order valence-electron chi connectivity index (χ4n) is 1.65. The zero-order valence-corrected chi connectivity index (χ0v) is 9.43. The Balaban J connectivity index is 1.98. The molecule has 0 bridgehead atoms. The van der Waals surface area contributed by atoms with E-state index >= 15 is 0 Å². The minimum Gasteiger partial charge on any atom is -0.449 e. The minimum absolute atomic E-state index is 0.228. The average Bonchev–Trinajstić information content (AvgIpc) is 2.67. The Labute approximate surface area is 98.7 Å². The standard InChI is InChI=1S/C12H13NO4/c1-8(14)17-10-4-2-9(3-5-10)6-11-12(15)16-7-13-11/h2-5,11,13H,6-7H2,1H3. The first-order chi connectivity index (χ1) is 8.15. The van der Waals surface area contributed by atoms with E-state index in [9.17, 15) is 9.59 Å². The summed E-state index contributed by atoms with van der Waals surface area (Å²) in [6.45, 7) is 1.63. The first-order valence-electron chi connectivity index (χ1n) is 5.32. The molecule has 0 radical (unpaired) electrons. The predicted octanol–water partition coefficient (Wildman–Crippen LogP) is 0.627. The quantitative estimate of drug-likeness (QED) is 0.615. The average molecular weight is 235 g/mol. The van der Waals surface area contributed by atoms with Crippen LogP contribution in [0.2, 0.25) is 0 Å². The smallest absolute Gasteiger partial charge is 0.324 e. The lowest BCUT2D eigenvalue weighted by Crippen LogP contribution is -2.29. The van der Waals surface area contributed by atoms with Gasteiger partial charge in [0.05, 0.1) is 0 Å². The van der Waals surface area contributed by atoms with Crippen molar-refractivity contribution in [2.24, 2.45) is 0 Å². The summed E-state index contributed by atoms with van der Waals surface area (Å²) < 4.78 is 9.71. The topological polar surface area (TPSA) is 64.6 Å². The Morgan fingerprint density at radius 1 is 1.47 bits per heavy atom. The van der Waals surface area contributed by atoms with Crippen molar-refractivity contribution in [1.29, 1.82) is 0 Å². The molecule has 1 aliphatic rings. The number of carbonyl (C=O) groups excluding carboxylic acids is 2. The third-order valence-electron chi connectivity index (χ3n) is 2.45. The van der Waals surface area contributed by atoms with E-state index < -0.39 is 0 Å². The fourth-order valence-corrected chi connectivity index (χ4v) is 1.65. The number of esters is 2. The number of hydrogen-bond acceptors (Lipinski definition) is 5. The molecule has 0 aromatic heterocycles. The number of hydrogen-bond donors (Lipinski definition) is 1. The van der Waals surface area contributed by atoms with Gasteiger partial charge in [0.2, 0.25) is 0 Å². The van der Waals surface area contributed by atoms with E-state index in [4.69, 9.17) is 9.47 Å². The highest BCUT2D eigenvalue weighted by molar-refractivity contribution is 5.77. The van der Waals surface area contributed by atoms with Crippen molar-refractivity contribution in [2.75, 3.05) is 6.73 Å². The van der Waals surface area contributed by atoms with Crippen molar-refractivity contribution in [3.63, 3.8) is 0 Å². The number of cyclic esters (lactones) is 1. The maximum atomic E-state index is 11.2. The largest absolute Gasteiger partial charge is 0.449 e. The lowest BCUT2D eigenvalue weighted by molar-refractivity contribution is -0.139. The highest BCUT2D eigenvalue weighted by Gasteiger charge is 2.25. The van der Waals surface area contributed by atoms with Gasteiger partial charge in [-0.3, -0.25) is 14.9 Å². The van der Waals surface area contributed by atoms with Crippen LogP contribution in [-0.2, 0) is 20.7 Å². The highest BCUT2D eigenvalue weighted by Crippen LogP contribution is 2.14. The molecule has 1 atom stereocenters. The molecule has 90 valence electrons. The van der Waals surface area contributed by atoms with Crippen molar-refractivity contribution in [2.45, 2.75) is 19.4 Å². The molecule has 1 fully saturated rings. The van der Waals surface area contributed by atoms with Crippen LogP contribution in [0.3, 0.4) is 0 Å². The van der Waals surface area contributed by atoms with Crippen LogP contribution in [-0.4, -0.2) is 24.7 Å². The number of ether oxygens (including phenoxy) is 2. The summed E-state index contributed by atoms with van der Waals surface area (Å²) in [5.74, 6) is -0.0731. The van der Waals surface area contributed by atoms with Crippen LogP contribution in [0.5, 0.6) is 5.75 Å². The van der Waals surface area contributed by atoms with E-state index in [-0.39, 0.29) is 24.7 Å². The normalized spacial score (nSPS) is 18.9. The zero-order chi connectivity index (χ0) is 12.3. The Hall–Kier alpha value is -1.88. The molecule has 17 heavy (non-hydrogen) atoms. The van der Waals surface area contributed by atoms with Crippen molar-refractivity contribution in [3.8, 4) is 5.75 Å².